The first-order valence-corrected chi connectivity index (χ1v) is 5.29. The number of nitrogens with two attached hydrogens (primary N) is 1. The number of hydrogen-bond acceptors (Lipinski definition) is 5. The fourth-order valence-electron chi connectivity index (χ4n) is 1.50. The first-order valence-electron chi connectivity index (χ1n) is 5.29. The molecule has 0 amide bonds. The van der Waals surface area contributed by atoms with Crippen LogP contribution in [0.2, 0.25) is 0 Å². The summed E-state index contributed by atoms with van der Waals surface area (Å²) in [6.45, 7) is 7.39. The molecule has 0 aliphatic rings. The molecule has 5 nitrogen and oxygen atoms in total. The van der Waals surface area contributed by atoms with Crippen molar-refractivity contribution in [3.8, 4) is 0 Å². The summed E-state index contributed by atoms with van der Waals surface area (Å²) in [4.78, 5) is 10.5. The molecule has 0 saturated heterocycles. The summed E-state index contributed by atoms with van der Waals surface area (Å²) in [5.41, 5.74) is 2.45. The Bertz CT molecular complexity index is 302. The maximum Gasteiger partial charge on any atom is 0.239 e. The molecule has 1 unspecified atom stereocenters. The van der Waals surface area contributed by atoms with Gasteiger partial charge in [0.2, 0.25) is 5.95 Å². The van der Waals surface area contributed by atoms with Crippen LogP contribution in [-0.2, 0) is 0 Å². The third-order valence-corrected chi connectivity index (χ3v) is 2.53. The summed E-state index contributed by atoms with van der Waals surface area (Å²) in [7, 11) is 0. The molecule has 3 N–H and O–H groups in total. The number of rotatable bonds is 5. The second-order valence-corrected chi connectivity index (χ2v) is 3.43. The fraction of sp³-hybridized carbons (Fsp3) is 0.600. The topological polar surface area (TPSA) is 67.1 Å². The Labute approximate surface area is 90.7 Å². The van der Waals surface area contributed by atoms with Gasteiger partial charge in [0.1, 0.15) is 5.82 Å². The molecule has 1 aromatic rings. The van der Waals surface area contributed by atoms with Crippen LogP contribution < -0.4 is 16.2 Å². The molecule has 0 aliphatic carbocycles. The van der Waals surface area contributed by atoms with E-state index in [2.05, 4.69) is 41.1 Å². The van der Waals surface area contributed by atoms with Gasteiger partial charge in [-0.1, -0.05) is 6.92 Å². The van der Waals surface area contributed by atoms with Crippen LogP contribution in [0.15, 0.2) is 12.3 Å². The SMILES string of the molecule is CCC(C)N(CC)c1ccnc(NN)n1. The minimum Gasteiger partial charge on any atom is -0.354 e. The van der Waals surface area contributed by atoms with Crippen molar-refractivity contribution in [2.75, 3.05) is 16.9 Å². The molecule has 0 radical (unpaired) electrons. The Kier molecular flexibility index (Phi) is 4.30. The van der Waals surface area contributed by atoms with E-state index in [1.807, 2.05) is 6.07 Å². The molecule has 5 heteroatoms. The van der Waals surface area contributed by atoms with Gasteiger partial charge >= 0.3 is 0 Å². The van der Waals surface area contributed by atoms with E-state index in [0.717, 1.165) is 18.8 Å². The first kappa shape index (κ1) is 11.7. The molecular formula is C10H19N5. The standard InChI is InChI=1S/C10H19N5/c1-4-8(3)15(5-2)9-6-7-12-10(13-9)14-11/h6-8H,4-5,11H2,1-3H3,(H,12,13,14). The molecule has 1 aromatic heterocycles. The number of aromatic nitrogens is 2. The van der Waals surface area contributed by atoms with Crippen LogP contribution in [0.4, 0.5) is 11.8 Å². The van der Waals surface area contributed by atoms with Crippen molar-refractivity contribution in [2.45, 2.75) is 33.2 Å². The van der Waals surface area contributed by atoms with E-state index in [0.29, 0.717) is 12.0 Å². The first-order chi connectivity index (χ1) is 7.22. The van der Waals surface area contributed by atoms with Gasteiger partial charge in [-0.25, -0.2) is 10.8 Å². The van der Waals surface area contributed by atoms with E-state index in [-0.39, 0.29) is 0 Å². The summed E-state index contributed by atoms with van der Waals surface area (Å²) >= 11 is 0. The van der Waals surface area contributed by atoms with Crippen molar-refractivity contribution in [1.82, 2.24) is 9.97 Å². The van der Waals surface area contributed by atoms with Gasteiger partial charge in [0.25, 0.3) is 0 Å². The molecule has 15 heavy (non-hydrogen) atoms. The molecule has 1 heterocycles. The van der Waals surface area contributed by atoms with E-state index in [9.17, 15) is 0 Å². The molecule has 0 aromatic carbocycles. The van der Waals surface area contributed by atoms with E-state index in [4.69, 9.17) is 5.84 Å². The zero-order valence-corrected chi connectivity index (χ0v) is 9.57. The van der Waals surface area contributed by atoms with Gasteiger partial charge in [-0.2, -0.15) is 4.98 Å². The summed E-state index contributed by atoms with van der Waals surface area (Å²) in [5.74, 6) is 6.64. The lowest BCUT2D eigenvalue weighted by Gasteiger charge is -2.28. The van der Waals surface area contributed by atoms with Gasteiger partial charge in [0.05, 0.1) is 0 Å². The third kappa shape index (κ3) is 2.79. The lowest BCUT2D eigenvalue weighted by atomic mass is 10.2. The predicted octanol–water partition coefficient (Wildman–Crippen LogP) is 1.39. The highest BCUT2D eigenvalue weighted by Crippen LogP contribution is 2.15. The second kappa shape index (κ2) is 5.50. The molecule has 0 bridgehead atoms. The minimum absolute atomic E-state index is 0.453. The van der Waals surface area contributed by atoms with Crippen molar-refractivity contribution >= 4 is 11.8 Å². The molecule has 1 rings (SSSR count). The van der Waals surface area contributed by atoms with Gasteiger partial charge in [0, 0.05) is 18.8 Å². The highest BCUT2D eigenvalue weighted by Gasteiger charge is 2.12. The molecule has 0 aliphatic heterocycles. The van der Waals surface area contributed by atoms with E-state index < -0.39 is 0 Å². The van der Waals surface area contributed by atoms with Crippen molar-refractivity contribution in [1.29, 1.82) is 0 Å². The van der Waals surface area contributed by atoms with Crippen molar-refractivity contribution in [3.05, 3.63) is 12.3 Å². The Morgan fingerprint density at radius 3 is 2.80 bits per heavy atom. The number of nitrogen functional groups attached to an aromatic ring is 1. The van der Waals surface area contributed by atoms with Crippen LogP contribution in [0.3, 0.4) is 0 Å². The minimum atomic E-state index is 0.453. The van der Waals surface area contributed by atoms with E-state index in [1.54, 1.807) is 6.20 Å². The van der Waals surface area contributed by atoms with Crippen molar-refractivity contribution in [2.24, 2.45) is 5.84 Å². The number of nitrogens with one attached hydrogen (secondary N) is 1. The number of hydrogen-bond donors (Lipinski definition) is 2. The lowest BCUT2D eigenvalue weighted by Crippen LogP contribution is -2.33. The number of nitrogens with zero attached hydrogens (tertiary/aromatic N) is 3. The van der Waals surface area contributed by atoms with Crippen LogP contribution in [0.25, 0.3) is 0 Å². The van der Waals surface area contributed by atoms with Gasteiger partial charge < -0.3 is 4.90 Å². The Morgan fingerprint density at radius 2 is 2.27 bits per heavy atom. The maximum absolute atomic E-state index is 5.28. The summed E-state index contributed by atoms with van der Waals surface area (Å²) in [6, 6.07) is 2.37. The summed E-state index contributed by atoms with van der Waals surface area (Å²) < 4.78 is 0. The molecule has 0 spiro atoms. The third-order valence-electron chi connectivity index (χ3n) is 2.53. The highest BCUT2D eigenvalue weighted by molar-refractivity contribution is 5.42. The zero-order chi connectivity index (χ0) is 11.3. The van der Waals surface area contributed by atoms with E-state index >= 15 is 0 Å². The van der Waals surface area contributed by atoms with Crippen molar-refractivity contribution < 1.29 is 0 Å². The van der Waals surface area contributed by atoms with Gasteiger partial charge in [0.15, 0.2) is 0 Å². The molecule has 0 saturated carbocycles. The zero-order valence-electron chi connectivity index (χ0n) is 9.57. The normalized spacial score (nSPS) is 12.3. The monoisotopic (exact) mass is 209 g/mol. The molecular weight excluding hydrogens is 190 g/mol. The van der Waals surface area contributed by atoms with Crippen LogP contribution in [-0.4, -0.2) is 22.6 Å². The molecule has 84 valence electrons. The lowest BCUT2D eigenvalue weighted by molar-refractivity contribution is 0.622. The van der Waals surface area contributed by atoms with Crippen LogP contribution >= 0.6 is 0 Å². The average Bonchev–Trinajstić information content (AvgIpc) is 2.30. The van der Waals surface area contributed by atoms with Gasteiger partial charge in [-0.3, -0.25) is 5.43 Å². The number of hydrazine groups is 1. The summed E-state index contributed by atoms with van der Waals surface area (Å²) in [5, 5.41) is 0. The van der Waals surface area contributed by atoms with Gasteiger partial charge in [-0.15, -0.1) is 0 Å². The Morgan fingerprint density at radius 1 is 1.53 bits per heavy atom. The molecule has 0 fully saturated rings. The number of anilines is 2. The maximum atomic E-state index is 5.28. The average molecular weight is 209 g/mol. The smallest absolute Gasteiger partial charge is 0.239 e. The highest BCUT2D eigenvalue weighted by atomic mass is 15.3. The van der Waals surface area contributed by atoms with Crippen LogP contribution in [0, 0.1) is 0 Å². The van der Waals surface area contributed by atoms with Gasteiger partial charge in [-0.05, 0) is 26.3 Å². The van der Waals surface area contributed by atoms with Crippen LogP contribution in [0.5, 0.6) is 0 Å². The fourth-order valence-corrected chi connectivity index (χ4v) is 1.50. The second-order valence-electron chi connectivity index (χ2n) is 3.43. The van der Waals surface area contributed by atoms with E-state index in [1.165, 1.54) is 0 Å². The Hall–Kier alpha value is -1.36. The summed E-state index contributed by atoms with van der Waals surface area (Å²) in [6.07, 6.45) is 2.80. The molecule has 1 atom stereocenters. The quantitative estimate of drug-likeness (QED) is 0.566. The van der Waals surface area contributed by atoms with Crippen molar-refractivity contribution in [3.63, 3.8) is 0 Å². The largest absolute Gasteiger partial charge is 0.354 e. The predicted molar refractivity (Wildman–Crippen MR) is 62.6 cm³/mol. The Balaban J connectivity index is 2.91. The van der Waals surface area contributed by atoms with Crippen LogP contribution in [0.1, 0.15) is 27.2 Å².